The molecule has 4 aromatic rings. The molecule has 0 bridgehead atoms. The third kappa shape index (κ3) is 4.96. The van der Waals surface area contributed by atoms with E-state index in [1.54, 1.807) is 55.8 Å². The van der Waals surface area contributed by atoms with E-state index in [2.05, 4.69) is 4.98 Å². The Bertz CT molecular complexity index is 1420. The van der Waals surface area contributed by atoms with Gasteiger partial charge in [0.15, 0.2) is 17.3 Å². The van der Waals surface area contributed by atoms with Gasteiger partial charge in [-0.2, -0.15) is 0 Å². The Kier molecular flexibility index (Phi) is 6.73. The third-order valence-corrected chi connectivity index (χ3v) is 5.46. The van der Waals surface area contributed by atoms with Gasteiger partial charge < -0.3 is 24.3 Å². The van der Waals surface area contributed by atoms with Gasteiger partial charge in [-0.1, -0.05) is 18.2 Å². The summed E-state index contributed by atoms with van der Waals surface area (Å²) >= 11 is 0. The summed E-state index contributed by atoms with van der Waals surface area (Å²) in [6.07, 6.45) is 4.70. The fourth-order valence-corrected chi connectivity index (χ4v) is 3.59. The molecule has 0 saturated heterocycles. The van der Waals surface area contributed by atoms with Crippen LogP contribution in [-0.4, -0.2) is 41.8 Å². The second kappa shape index (κ2) is 10.0. The highest BCUT2D eigenvalue weighted by Crippen LogP contribution is 2.37. The predicted molar refractivity (Wildman–Crippen MR) is 133 cm³/mol. The highest BCUT2D eigenvalue weighted by Gasteiger charge is 2.12. The molecular weight excluding hydrogens is 448 g/mol. The summed E-state index contributed by atoms with van der Waals surface area (Å²) in [6.45, 7) is 0. The summed E-state index contributed by atoms with van der Waals surface area (Å²) in [5.41, 5.74) is 2.74. The van der Waals surface area contributed by atoms with Crippen molar-refractivity contribution >= 4 is 11.9 Å². The van der Waals surface area contributed by atoms with Gasteiger partial charge in [0, 0.05) is 11.8 Å². The SMILES string of the molecule is COc1ccc(-c2cn(-c3cccc(C(=O)/C=C/c4cc(OC)c(O)c(OC)c4)c3)c(=O)[nH]2)cc1. The number of hydrogen-bond donors (Lipinski definition) is 2. The van der Waals surface area contributed by atoms with Crippen molar-refractivity contribution in [2.45, 2.75) is 0 Å². The van der Waals surface area contributed by atoms with E-state index in [1.807, 2.05) is 24.3 Å². The monoisotopic (exact) mass is 472 g/mol. The number of phenolic OH excluding ortho intramolecular Hbond substituents is 1. The maximum absolute atomic E-state index is 12.8. The topological polar surface area (TPSA) is 103 Å². The number of imidazole rings is 1. The Morgan fingerprint density at radius 1 is 0.943 bits per heavy atom. The first-order valence-corrected chi connectivity index (χ1v) is 10.7. The number of nitrogens with one attached hydrogen (secondary N) is 1. The lowest BCUT2D eigenvalue weighted by molar-refractivity contribution is 0.104. The number of H-pyrrole nitrogens is 1. The zero-order valence-corrected chi connectivity index (χ0v) is 19.4. The molecular formula is C27H24N2O6. The van der Waals surface area contributed by atoms with Crippen molar-refractivity contribution in [3.8, 4) is 39.9 Å². The Morgan fingerprint density at radius 2 is 1.63 bits per heavy atom. The number of ketones is 1. The predicted octanol–water partition coefficient (Wildman–Crippen LogP) is 4.46. The summed E-state index contributed by atoms with van der Waals surface area (Å²) in [4.78, 5) is 28.3. The van der Waals surface area contributed by atoms with Crippen LogP contribution in [0.2, 0.25) is 0 Å². The maximum atomic E-state index is 12.8. The number of ether oxygens (including phenoxy) is 3. The van der Waals surface area contributed by atoms with Crippen LogP contribution in [0.15, 0.2) is 77.7 Å². The number of benzene rings is 3. The van der Waals surface area contributed by atoms with Crippen molar-refractivity contribution in [1.29, 1.82) is 0 Å². The van der Waals surface area contributed by atoms with Gasteiger partial charge in [-0.05, 0) is 65.7 Å². The zero-order valence-electron chi connectivity index (χ0n) is 19.4. The lowest BCUT2D eigenvalue weighted by atomic mass is 10.1. The molecule has 0 radical (unpaired) electrons. The first-order chi connectivity index (χ1) is 16.9. The van der Waals surface area contributed by atoms with E-state index < -0.39 is 0 Å². The molecule has 178 valence electrons. The minimum absolute atomic E-state index is 0.114. The molecule has 0 aliphatic rings. The van der Waals surface area contributed by atoms with E-state index in [0.717, 1.165) is 11.3 Å². The second-order valence-electron chi connectivity index (χ2n) is 7.59. The average molecular weight is 472 g/mol. The molecule has 35 heavy (non-hydrogen) atoms. The molecule has 0 amide bonds. The number of nitrogens with zero attached hydrogens (tertiary/aromatic N) is 1. The van der Waals surface area contributed by atoms with Crippen LogP contribution in [-0.2, 0) is 0 Å². The molecule has 1 aromatic heterocycles. The number of aromatic amines is 1. The molecule has 0 spiro atoms. The first-order valence-electron chi connectivity index (χ1n) is 10.7. The van der Waals surface area contributed by atoms with Crippen LogP contribution in [0, 0.1) is 0 Å². The summed E-state index contributed by atoms with van der Waals surface area (Å²) in [7, 11) is 4.46. The van der Waals surface area contributed by atoms with Crippen molar-refractivity contribution in [2.75, 3.05) is 21.3 Å². The minimum atomic E-state index is -0.320. The van der Waals surface area contributed by atoms with Gasteiger partial charge in [0.25, 0.3) is 0 Å². The molecule has 3 aromatic carbocycles. The number of hydrogen-bond acceptors (Lipinski definition) is 6. The quantitative estimate of drug-likeness (QED) is 0.290. The van der Waals surface area contributed by atoms with Crippen LogP contribution in [0.4, 0.5) is 0 Å². The van der Waals surface area contributed by atoms with Gasteiger partial charge in [0.1, 0.15) is 5.75 Å². The van der Waals surface area contributed by atoms with Crippen LogP contribution < -0.4 is 19.9 Å². The normalized spacial score (nSPS) is 10.9. The molecule has 0 saturated carbocycles. The Balaban J connectivity index is 1.59. The van der Waals surface area contributed by atoms with Crippen LogP contribution in [0.5, 0.6) is 23.0 Å². The first kappa shape index (κ1) is 23.4. The number of phenols is 1. The van der Waals surface area contributed by atoms with Crippen molar-refractivity contribution in [2.24, 2.45) is 0 Å². The Morgan fingerprint density at radius 3 is 2.26 bits per heavy atom. The number of carbonyl (C=O) groups excluding carboxylic acids is 1. The number of aromatic nitrogens is 2. The van der Waals surface area contributed by atoms with Gasteiger partial charge >= 0.3 is 5.69 Å². The number of carbonyl (C=O) groups is 1. The Hall–Kier alpha value is -4.72. The minimum Gasteiger partial charge on any atom is -0.502 e. The standard InChI is InChI=1S/C27H24N2O6/c1-33-21-10-8-18(9-11-21)22-16-29(27(32)28-22)20-6-4-5-19(15-20)23(30)12-7-17-13-24(34-2)26(31)25(14-17)35-3/h4-16,31H,1-3H3,(H,28,32)/b12-7+. The van der Waals surface area contributed by atoms with E-state index in [-0.39, 0.29) is 28.7 Å². The highest BCUT2D eigenvalue weighted by atomic mass is 16.5. The summed E-state index contributed by atoms with van der Waals surface area (Å²) in [5.74, 6) is 0.823. The molecule has 0 fully saturated rings. The molecule has 8 nitrogen and oxygen atoms in total. The molecule has 0 unspecified atom stereocenters. The van der Waals surface area contributed by atoms with Crippen LogP contribution in [0.25, 0.3) is 23.0 Å². The largest absolute Gasteiger partial charge is 0.502 e. The number of allylic oxidation sites excluding steroid dienone is 1. The molecule has 0 aliphatic heterocycles. The van der Waals surface area contributed by atoms with E-state index in [1.165, 1.54) is 24.9 Å². The lowest BCUT2D eigenvalue weighted by Crippen LogP contribution is -2.14. The highest BCUT2D eigenvalue weighted by molar-refractivity contribution is 6.07. The molecule has 8 heteroatoms. The lowest BCUT2D eigenvalue weighted by Gasteiger charge is -2.09. The molecule has 2 N–H and O–H groups in total. The smallest absolute Gasteiger partial charge is 0.330 e. The van der Waals surface area contributed by atoms with Gasteiger partial charge in [-0.3, -0.25) is 9.36 Å². The molecule has 0 aliphatic carbocycles. The van der Waals surface area contributed by atoms with E-state index in [9.17, 15) is 14.7 Å². The molecule has 4 rings (SSSR count). The van der Waals surface area contributed by atoms with E-state index in [4.69, 9.17) is 14.2 Å². The fourth-order valence-electron chi connectivity index (χ4n) is 3.59. The number of rotatable bonds is 8. The number of aromatic hydroxyl groups is 1. The third-order valence-electron chi connectivity index (χ3n) is 5.46. The summed E-state index contributed by atoms with van der Waals surface area (Å²) < 4.78 is 16.9. The second-order valence-corrected chi connectivity index (χ2v) is 7.59. The van der Waals surface area contributed by atoms with Gasteiger partial charge in [0.2, 0.25) is 5.75 Å². The fraction of sp³-hybridized carbons (Fsp3) is 0.111. The van der Waals surface area contributed by atoms with Crippen molar-refractivity contribution in [3.63, 3.8) is 0 Å². The maximum Gasteiger partial charge on any atom is 0.330 e. The average Bonchev–Trinajstić information content (AvgIpc) is 3.29. The van der Waals surface area contributed by atoms with Gasteiger partial charge in [-0.15, -0.1) is 0 Å². The van der Waals surface area contributed by atoms with Crippen LogP contribution >= 0.6 is 0 Å². The number of methoxy groups -OCH3 is 3. The van der Waals surface area contributed by atoms with E-state index in [0.29, 0.717) is 22.5 Å². The zero-order chi connectivity index (χ0) is 24.9. The van der Waals surface area contributed by atoms with Gasteiger partial charge in [-0.25, -0.2) is 4.79 Å². The van der Waals surface area contributed by atoms with Crippen LogP contribution in [0.1, 0.15) is 15.9 Å². The molecule has 1 heterocycles. The van der Waals surface area contributed by atoms with Gasteiger partial charge in [0.05, 0.1) is 32.7 Å². The summed E-state index contributed by atoms with van der Waals surface area (Å²) in [6, 6.07) is 17.3. The van der Waals surface area contributed by atoms with Crippen molar-refractivity contribution in [1.82, 2.24) is 9.55 Å². The summed E-state index contributed by atoms with van der Waals surface area (Å²) in [5, 5.41) is 10.1. The molecule has 0 atom stereocenters. The van der Waals surface area contributed by atoms with E-state index >= 15 is 0 Å². The van der Waals surface area contributed by atoms with Crippen molar-refractivity contribution < 1.29 is 24.1 Å². The van der Waals surface area contributed by atoms with Crippen LogP contribution in [0.3, 0.4) is 0 Å². The Labute approximate surface area is 201 Å². The van der Waals surface area contributed by atoms with Crippen molar-refractivity contribution in [3.05, 3.63) is 94.5 Å².